The Hall–Kier alpha value is -3.83. The molecule has 12 heteroatoms. The standard InChI is InChI=1S/C21H21ClN8O3/c1-14-2-5-16(12-18(14)22)24-19-25-20(27-21(26-19)29-8-10-33-11-9-29)28-23-13-15-3-6-17(7-4-15)30(31)32/h2-7,12-13H,8-11H2,1H3,(H2,24,25,26,27,28). The number of hydrogen-bond acceptors (Lipinski definition) is 10. The Morgan fingerprint density at radius 3 is 2.55 bits per heavy atom. The molecule has 2 heterocycles. The number of hydrogen-bond donors (Lipinski definition) is 2. The highest BCUT2D eigenvalue weighted by atomic mass is 35.5. The molecule has 1 aromatic heterocycles. The number of benzene rings is 2. The first-order valence-corrected chi connectivity index (χ1v) is 10.5. The van der Waals surface area contributed by atoms with Crippen molar-refractivity contribution in [3.05, 3.63) is 68.7 Å². The molecule has 0 atom stereocenters. The van der Waals surface area contributed by atoms with Crippen LogP contribution in [-0.4, -0.2) is 52.4 Å². The molecule has 1 aliphatic rings. The molecule has 0 bridgehead atoms. The number of nitro groups is 1. The predicted octanol–water partition coefficient (Wildman–Crippen LogP) is 3.77. The van der Waals surface area contributed by atoms with Crippen molar-refractivity contribution in [2.24, 2.45) is 5.10 Å². The van der Waals surface area contributed by atoms with Gasteiger partial charge in [-0.25, -0.2) is 5.43 Å². The SMILES string of the molecule is Cc1ccc(Nc2nc(NN=Cc3ccc([N+](=O)[O-])cc3)nc(N3CCOCC3)n2)cc1Cl. The fourth-order valence-corrected chi connectivity index (χ4v) is 3.20. The maximum Gasteiger partial charge on any atom is 0.269 e. The zero-order chi connectivity index (χ0) is 23.2. The first-order valence-electron chi connectivity index (χ1n) is 10.1. The van der Waals surface area contributed by atoms with Crippen LogP contribution in [0.3, 0.4) is 0 Å². The lowest BCUT2D eigenvalue weighted by molar-refractivity contribution is -0.384. The first kappa shape index (κ1) is 22.4. The second-order valence-corrected chi connectivity index (χ2v) is 7.60. The van der Waals surface area contributed by atoms with Gasteiger partial charge in [0.05, 0.1) is 24.4 Å². The van der Waals surface area contributed by atoms with E-state index in [4.69, 9.17) is 16.3 Å². The van der Waals surface area contributed by atoms with Gasteiger partial charge in [-0.2, -0.15) is 20.1 Å². The van der Waals surface area contributed by atoms with Crippen LogP contribution in [-0.2, 0) is 4.74 Å². The molecule has 0 radical (unpaired) electrons. The molecule has 0 unspecified atom stereocenters. The highest BCUT2D eigenvalue weighted by molar-refractivity contribution is 6.31. The molecule has 170 valence electrons. The average molecular weight is 469 g/mol. The molecular formula is C21H21ClN8O3. The number of ether oxygens (including phenoxy) is 1. The molecular weight excluding hydrogens is 448 g/mol. The van der Waals surface area contributed by atoms with Crippen molar-refractivity contribution in [1.29, 1.82) is 0 Å². The number of nitrogens with zero attached hydrogens (tertiary/aromatic N) is 6. The fourth-order valence-electron chi connectivity index (χ4n) is 3.02. The predicted molar refractivity (Wildman–Crippen MR) is 127 cm³/mol. The minimum absolute atomic E-state index is 0.0136. The van der Waals surface area contributed by atoms with Crippen LogP contribution in [0.2, 0.25) is 5.02 Å². The lowest BCUT2D eigenvalue weighted by Crippen LogP contribution is -2.37. The summed E-state index contributed by atoms with van der Waals surface area (Å²) >= 11 is 6.23. The van der Waals surface area contributed by atoms with E-state index in [0.717, 1.165) is 11.3 Å². The summed E-state index contributed by atoms with van der Waals surface area (Å²) in [6, 6.07) is 11.6. The van der Waals surface area contributed by atoms with E-state index in [1.807, 2.05) is 24.0 Å². The van der Waals surface area contributed by atoms with Gasteiger partial charge in [-0.15, -0.1) is 0 Å². The van der Waals surface area contributed by atoms with Crippen LogP contribution in [0.5, 0.6) is 0 Å². The summed E-state index contributed by atoms with van der Waals surface area (Å²) in [4.78, 5) is 25.7. The highest BCUT2D eigenvalue weighted by Gasteiger charge is 2.17. The summed E-state index contributed by atoms with van der Waals surface area (Å²) in [5.74, 6) is 1.06. The molecule has 2 N–H and O–H groups in total. The Bertz CT molecular complexity index is 1170. The van der Waals surface area contributed by atoms with E-state index in [1.54, 1.807) is 18.2 Å². The van der Waals surface area contributed by atoms with Crippen LogP contribution in [0.1, 0.15) is 11.1 Å². The second kappa shape index (κ2) is 10.2. The third-order valence-corrected chi connectivity index (χ3v) is 5.23. The largest absolute Gasteiger partial charge is 0.378 e. The topological polar surface area (TPSA) is 131 Å². The van der Waals surface area contributed by atoms with Gasteiger partial charge in [0.1, 0.15) is 0 Å². The summed E-state index contributed by atoms with van der Waals surface area (Å²) in [5, 5.41) is 18.7. The Balaban J connectivity index is 1.55. The zero-order valence-corrected chi connectivity index (χ0v) is 18.5. The van der Waals surface area contributed by atoms with Crippen LogP contribution in [0.25, 0.3) is 0 Å². The van der Waals surface area contributed by atoms with Gasteiger partial charge in [0.2, 0.25) is 17.8 Å². The molecule has 1 saturated heterocycles. The third kappa shape index (κ3) is 5.90. The molecule has 33 heavy (non-hydrogen) atoms. The van der Waals surface area contributed by atoms with E-state index in [1.165, 1.54) is 18.3 Å². The Kier molecular flexibility index (Phi) is 6.91. The van der Waals surface area contributed by atoms with Gasteiger partial charge in [0, 0.05) is 35.9 Å². The van der Waals surface area contributed by atoms with Crippen molar-refractivity contribution in [3.8, 4) is 0 Å². The lowest BCUT2D eigenvalue weighted by Gasteiger charge is -2.27. The molecule has 3 aromatic rings. The van der Waals surface area contributed by atoms with Gasteiger partial charge < -0.3 is 15.0 Å². The monoisotopic (exact) mass is 468 g/mol. The number of non-ortho nitro benzene ring substituents is 1. The number of anilines is 4. The van der Waals surface area contributed by atoms with E-state index in [0.29, 0.717) is 48.8 Å². The van der Waals surface area contributed by atoms with Crippen molar-refractivity contribution in [2.75, 3.05) is 41.9 Å². The Morgan fingerprint density at radius 1 is 1.12 bits per heavy atom. The van der Waals surface area contributed by atoms with Gasteiger partial charge >= 0.3 is 0 Å². The highest BCUT2D eigenvalue weighted by Crippen LogP contribution is 2.23. The molecule has 2 aromatic carbocycles. The maximum absolute atomic E-state index is 10.8. The van der Waals surface area contributed by atoms with Crippen LogP contribution < -0.4 is 15.6 Å². The molecule has 1 aliphatic heterocycles. The van der Waals surface area contributed by atoms with E-state index in [9.17, 15) is 10.1 Å². The Morgan fingerprint density at radius 2 is 1.85 bits per heavy atom. The van der Waals surface area contributed by atoms with Crippen LogP contribution in [0.15, 0.2) is 47.6 Å². The van der Waals surface area contributed by atoms with E-state index in [-0.39, 0.29) is 11.6 Å². The minimum atomic E-state index is -0.451. The van der Waals surface area contributed by atoms with E-state index in [2.05, 4.69) is 30.8 Å². The van der Waals surface area contributed by atoms with Gasteiger partial charge in [0.25, 0.3) is 5.69 Å². The van der Waals surface area contributed by atoms with Crippen molar-refractivity contribution < 1.29 is 9.66 Å². The minimum Gasteiger partial charge on any atom is -0.378 e. The van der Waals surface area contributed by atoms with Crippen LogP contribution in [0, 0.1) is 17.0 Å². The Labute approximate surface area is 194 Å². The van der Waals surface area contributed by atoms with Crippen molar-refractivity contribution in [3.63, 3.8) is 0 Å². The summed E-state index contributed by atoms with van der Waals surface area (Å²) in [7, 11) is 0. The summed E-state index contributed by atoms with van der Waals surface area (Å²) in [6.45, 7) is 4.42. The summed E-state index contributed by atoms with van der Waals surface area (Å²) < 4.78 is 5.41. The molecule has 0 spiro atoms. The molecule has 11 nitrogen and oxygen atoms in total. The van der Waals surface area contributed by atoms with Crippen LogP contribution in [0.4, 0.5) is 29.2 Å². The fraction of sp³-hybridized carbons (Fsp3) is 0.238. The molecule has 4 rings (SSSR count). The van der Waals surface area contributed by atoms with Gasteiger partial charge in [-0.3, -0.25) is 10.1 Å². The molecule has 0 aliphatic carbocycles. The maximum atomic E-state index is 10.8. The normalized spacial score (nSPS) is 13.8. The summed E-state index contributed by atoms with van der Waals surface area (Å²) in [5.41, 5.74) is 5.21. The zero-order valence-electron chi connectivity index (χ0n) is 17.7. The van der Waals surface area contributed by atoms with Crippen molar-refractivity contribution in [2.45, 2.75) is 6.92 Å². The van der Waals surface area contributed by atoms with Crippen LogP contribution >= 0.6 is 11.6 Å². The third-order valence-electron chi connectivity index (χ3n) is 4.83. The number of halogens is 1. The van der Waals surface area contributed by atoms with E-state index >= 15 is 0 Å². The van der Waals surface area contributed by atoms with Gasteiger partial charge in [-0.1, -0.05) is 17.7 Å². The second-order valence-electron chi connectivity index (χ2n) is 7.19. The van der Waals surface area contributed by atoms with Crippen molar-refractivity contribution in [1.82, 2.24) is 15.0 Å². The average Bonchev–Trinajstić information content (AvgIpc) is 2.82. The number of morpholine rings is 1. The lowest BCUT2D eigenvalue weighted by atomic mass is 10.2. The number of aryl methyl sites for hydroxylation is 1. The van der Waals surface area contributed by atoms with Gasteiger partial charge in [-0.05, 0) is 42.3 Å². The van der Waals surface area contributed by atoms with E-state index < -0.39 is 4.92 Å². The van der Waals surface area contributed by atoms with Crippen molar-refractivity contribution >= 4 is 47.0 Å². The number of aromatic nitrogens is 3. The summed E-state index contributed by atoms with van der Waals surface area (Å²) in [6.07, 6.45) is 1.52. The number of nitrogens with one attached hydrogen (secondary N) is 2. The number of hydrazone groups is 1. The molecule has 0 saturated carbocycles. The first-order chi connectivity index (χ1) is 16.0. The molecule has 1 fully saturated rings. The number of rotatable bonds is 7. The smallest absolute Gasteiger partial charge is 0.269 e. The van der Waals surface area contributed by atoms with Gasteiger partial charge in [0.15, 0.2) is 0 Å². The number of nitro benzene ring substituents is 1. The quantitative estimate of drug-likeness (QED) is 0.302. The molecule has 0 amide bonds.